The second-order valence-electron chi connectivity index (χ2n) is 4.36. The molecule has 3 nitrogen and oxygen atoms in total. The number of imidazole rings is 1. The molecular weight excluding hydrogens is 425 g/mol. The number of alkyl halides is 1. The minimum Gasteiger partial charge on any atom is -0.306 e. The molecule has 20 heavy (non-hydrogen) atoms. The number of hydrogen-bond donors (Lipinski definition) is 0. The van der Waals surface area contributed by atoms with Gasteiger partial charge >= 0.3 is 0 Å². The summed E-state index contributed by atoms with van der Waals surface area (Å²) in [5.74, 6) is 0.840. The standard InChI is InChI=1S/C13H10Br2ClN3S/c1-7(16)12-18-10-4-8(14)5-17-13(10)19(12)6-11-9(15)2-3-20-11/h2-5,7H,6H2,1H3. The number of halogens is 3. The SMILES string of the molecule is CC(Cl)c1nc2cc(Br)cnc2n1Cc1sccc1Br. The molecule has 3 aromatic rings. The average molecular weight is 436 g/mol. The predicted molar refractivity (Wildman–Crippen MR) is 90.6 cm³/mol. The molecular formula is C13H10Br2ClN3S. The fraction of sp³-hybridized carbons (Fsp3) is 0.231. The molecule has 0 N–H and O–H groups in total. The molecule has 0 amide bonds. The maximum absolute atomic E-state index is 6.27. The van der Waals surface area contributed by atoms with Crippen LogP contribution < -0.4 is 0 Å². The zero-order valence-corrected chi connectivity index (χ0v) is 15.2. The zero-order chi connectivity index (χ0) is 14.3. The van der Waals surface area contributed by atoms with Gasteiger partial charge in [0.2, 0.25) is 0 Å². The summed E-state index contributed by atoms with van der Waals surface area (Å²) in [4.78, 5) is 10.3. The summed E-state index contributed by atoms with van der Waals surface area (Å²) < 4.78 is 4.10. The monoisotopic (exact) mass is 433 g/mol. The van der Waals surface area contributed by atoms with Crippen LogP contribution in [0.1, 0.15) is 23.0 Å². The van der Waals surface area contributed by atoms with E-state index < -0.39 is 0 Å². The molecule has 1 unspecified atom stereocenters. The highest BCUT2D eigenvalue weighted by molar-refractivity contribution is 9.10. The van der Waals surface area contributed by atoms with Crippen molar-refractivity contribution >= 4 is 66.0 Å². The minimum absolute atomic E-state index is 0.165. The van der Waals surface area contributed by atoms with Crippen LogP contribution in [0.3, 0.4) is 0 Å². The van der Waals surface area contributed by atoms with Crippen LogP contribution in [-0.4, -0.2) is 14.5 Å². The summed E-state index contributed by atoms with van der Waals surface area (Å²) in [6.45, 7) is 2.65. The van der Waals surface area contributed by atoms with Gasteiger partial charge < -0.3 is 4.57 Å². The first kappa shape index (κ1) is 14.5. The van der Waals surface area contributed by atoms with Crippen molar-refractivity contribution in [2.24, 2.45) is 0 Å². The lowest BCUT2D eigenvalue weighted by atomic mass is 10.4. The fourth-order valence-electron chi connectivity index (χ4n) is 2.04. The number of aromatic nitrogens is 3. The van der Waals surface area contributed by atoms with E-state index in [-0.39, 0.29) is 5.38 Å². The summed E-state index contributed by atoms with van der Waals surface area (Å²) in [5, 5.41) is 1.90. The lowest BCUT2D eigenvalue weighted by Crippen LogP contribution is -2.05. The van der Waals surface area contributed by atoms with E-state index in [0.29, 0.717) is 0 Å². The molecule has 1 atom stereocenters. The highest BCUT2D eigenvalue weighted by atomic mass is 79.9. The van der Waals surface area contributed by atoms with Crippen LogP contribution in [-0.2, 0) is 6.54 Å². The molecule has 3 heterocycles. The lowest BCUT2D eigenvalue weighted by molar-refractivity contribution is 0.742. The fourth-order valence-corrected chi connectivity index (χ4v) is 4.00. The predicted octanol–water partition coefficient (Wildman–Crippen LogP) is 5.37. The molecule has 7 heteroatoms. The lowest BCUT2D eigenvalue weighted by Gasteiger charge is -2.09. The van der Waals surface area contributed by atoms with E-state index in [0.717, 1.165) is 32.5 Å². The van der Waals surface area contributed by atoms with Gasteiger partial charge in [-0.05, 0) is 56.3 Å². The van der Waals surface area contributed by atoms with E-state index in [9.17, 15) is 0 Å². The number of nitrogens with zero attached hydrogens (tertiary/aromatic N) is 3. The topological polar surface area (TPSA) is 30.7 Å². The second kappa shape index (κ2) is 5.75. The van der Waals surface area contributed by atoms with Crippen LogP contribution in [0.15, 0.2) is 32.7 Å². The molecule has 0 spiro atoms. The van der Waals surface area contributed by atoms with Crippen LogP contribution in [0.2, 0.25) is 0 Å². The molecule has 0 fully saturated rings. The summed E-state index contributed by atoms with van der Waals surface area (Å²) >= 11 is 15.0. The van der Waals surface area contributed by atoms with E-state index in [1.165, 1.54) is 4.88 Å². The van der Waals surface area contributed by atoms with Crippen molar-refractivity contribution in [3.63, 3.8) is 0 Å². The van der Waals surface area contributed by atoms with Crippen LogP contribution in [0.4, 0.5) is 0 Å². The van der Waals surface area contributed by atoms with Crippen molar-refractivity contribution in [2.45, 2.75) is 18.8 Å². The maximum Gasteiger partial charge on any atom is 0.160 e. The Morgan fingerprint density at radius 1 is 1.45 bits per heavy atom. The van der Waals surface area contributed by atoms with E-state index in [1.807, 2.05) is 19.1 Å². The van der Waals surface area contributed by atoms with Gasteiger partial charge in [0.1, 0.15) is 11.3 Å². The van der Waals surface area contributed by atoms with E-state index in [2.05, 4.69) is 51.8 Å². The Morgan fingerprint density at radius 3 is 2.90 bits per heavy atom. The molecule has 3 aromatic heterocycles. The summed E-state index contributed by atoms with van der Waals surface area (Å²) in [5.41, 5.74) is 1.71. The Balaban J connectivity index is 2.16. The van der Waals surface area contributed by atoms with Crippen molar-refractivity contribution in [2.75, 3.05) is 0 Å². The highest BCUT2D eigenvalue weighted by Gasteiger charge is 2.17. The number of fused-ring (bicyclic) bond motifs is 1. The van der Waals surface area contributed by atoms with Crippen LogP contribution in [0.5, 0.6) is 0 Å². The minimum atomic E-state index is -0.165. The van der Waals surface area contributed by atoms with Crippen molar-refractivity contribution in [3.05, 3.63) is 43.4 Å². The Morgan fingerprint density at radius 2 is 2.25 bits per heavy atom. The first-order valence-electron chi connectivity index (χ1n) is 5.94. The van der Waals surface area contributed by atoms with E-state index >= 15 is 0 Å². The van der Waals surface area contributed by atoms with Crippen molar-refractivity contribution < 1.29 is 0 Å². The van der Waals surface area contributed by atoms with Crippen molar-refractivity contribution in [3.8, 4) is 0 Å². The molecule has 0 aliphatic heterocycles. The van der Waals surface area contributed by atoms with Gasteiger partial charge in [0, 0.05) is 20.0 Å². The first-order chi connectivity index (χ1) is 9.56. The van der Waals surface area contributed by atoms with Gasteiger partial charge in [-0.1, -0.05) is 0 Å². The third kappa shape index (κ3) is 2.66. The summed E-state index contributed by atoms with van der Waals surface area (Å²) in [6.07, 6.45) is 1.78. The van der Waals surface area contributed by atoms with Crippen LogP contribution in [0.25, 0.3) is 11.2 Å². The Hall–Kier alpha value is -0.430. The number of rotatable bonds is 3. The van der Waals surface area contributed by atoms with Crippen LogP contribution >= 0.6 is 54.8 Å². The molecule has 104 valence electrons. The van der Waals surface area contributed by atoms with Gasteiger partial charge in [0.05, 0.1) is 11.9 Å². The average Bonchev–Trinajstić information content (AvgIpc) is 2.95. The molecule has 0 aromatic carbocycles. The van der Waals surface area contributed by atoms with Gasteiger partial charge in [-0.2, -0.15) is 0 Å². The molecule has 0 bridgehead atoms. The summed E-state index contributed by atoms with van der Waals surface area (Å²) in [6, 6.07) is 4.01. The molecule has 0 aliphatic rings. The molecule has 0 saturated heterocycles. The normalized spacial score (nSPS) is 13.0. The van der Waals surface area contributed by atoms with E-state index in [1.54, 1.807) is 17.5 Å². The number of pyridine rings is 1. The number of thiophene rings is 1. The quantitative estimate of drug-likeness (QED) is 0.518. The van der Waals surface area contributed by atoms with E-state index in [4.69, 9.17) is 11.6 Å². The second-order valence-corrected chi connectivity index (χ2v) is 7.79. The third-order valence-corrected chi connectivity index (χ3v) is 5.47. The Bertz CT molecular complexity index is 766. The highest BCUT2D eigenvalue weighted by Crippen LogP contribution is 2.29. The first-order valence-corrected chi connectivity index (χ1v) is 8.84. The van der Waals surface area contributed by atoms with Gasteiger partial charge in [-0.25, -0.2) is 9.97 Å². The smallest absolute Gasteiger partial charge is 0.160 e. The van der Waals surface area contributed by atoms with Gasteiger partial charge in [-0.15, -0.1) is 22.9 Å². The zero-order valence-electron chi connectivity index (χ0n) is 10.5. The van der Waals surface area contributed by atoms with Gasteiger partial charge in [-0.3, -0.25) is 0 Å². The van der Waals surface area contributed by atoms with Crippen LogP contribution in [0, 0.1) is 0 Å². The van der Waals surface area contributed by atoms with Crippen molar-refractivity contribution in [1.82, 2.24) is 14.5 Å². The Kier molecular flexibility index (Phi) is 4.17. The van der Waals surface area contributed by atoms with Crippen molar-refractivity contribution in [1.29, 1.82) is 0 Å². The third-order valence-electron chi connectivity index (χ3n) is 2.93. The largest absolute Gasteiger partial charge is 0.306 e. The van der Waals surface area contributed by atoms with Gasteiger partial charge in [0.25, 0.3) is 0 Å². The molecule has 3 rings (SSSR count). The van der Waals surface area contributed by atoms with Gasteiger partial charge in [0.15, 0.2) is 5.65 Å². The molecule has 0 saturated carbocycles. The number of hydrogen-bond acceptors (Lipinski definition) is 3. The molecule has 0 radical (unpaired) electrons. The maximum atomic E-state index is 6.27. The molecule has 0 aliphatic carbocycles. The summed E-state index contributed by atoms with van der Waals surface area (Å²) in [7, 11) is 0. The Labute approximate surface area is 142 Å².